The van der Waals surface area contributed by atoms with Crippen molar-refractivity contribution in [2.45, 2.75) is 6.54 Å². The second-order valence-corrected chi connectivity index (χ2v) is 4.12. The first-order chi connectivity index (χ1) is 8.72. The van der Waals surface area contributed by atoms with Crippen LogP contribution in [0.5, 0.6) is 0 Å². The molecule has 0 aliphatic rings. The van der Waals surface area contributed by atoms with Gasteiger partial charge in [0.15, 0.2) is 0 Å². The van der Waals surface area contributed by atoms with E-state index in [1.165, 1.54) is 22.3 Å². The van der Waals surface area contributed by atoms with Crippen molar-refractivity contribution >= 4 is 22.2 Å². The van der Waals surface area contributed by atoms with Crippen LogP contribution in [-0.2, 0) is 11.3 Å². The average Bonchev–Trinajstić information content (AvgIpc) is 2.97. The predicted octanol–water partition coefficient (Wildman–Crippen LogP) is 0.722. The standard InChI is InChI=1S/C10H6N6OS/c11-3-7-1-2-18-10(7)14-9(17)5-16-6-13-8(4-12)15-16/h1-2,6H,5H2,(H,14,17). The first kappa shape index (κ1) is 11.8. The summed E-state index contributed by atoms with van der Waals surface area (Å²) in [6.07, 6.45) is 1.30. The third-order valence-electron chi connectivity index (χ3n) is 1.98. The second kappa shape index (κ2) is 5.08. The summed E-state index contributed by atoms with van der Waals surface area (Å²) >= 11 is 1.27. The van der Waals surface area contributed by atoms with E-state index in [4.69, 9.17) is 10.5 Å². The van der Waals surface area contributed by atoms with Crippen LogP contribution in [0.3, 0.4) is 0 Å². The monoisotopic (exact) mass is 258 g/mol. The fraction of sp³-hybridized carbons (Fsp3) is 0.100. The van der Waals surface area contributed by atoms with Crippen molar-refractivity contribution in [2.75, 3.05) is 5.32 Å². The average molecular weight is 258 g/mol. The van der Waals surface area contributed by atoms with Crippen molar-refractivity contribution in [3.8, 4) is 12.1 Å². The molecule has 0 radical (unpaired) electrons. The maximum atomic E-state index is 11.7. The zero-order valence-electron chi connectivity index (χ0n) is 8.99. The number of carbonyl (C=O) groups is 1. The molecule has 2 heterocycles. The Morgan fingerprint density at radius 2 is 2.33 bits per heavy atom. The minimum atomic E-state index is -0.330. The number of nitrogens with one attached hydrogen (secondary N) is 1. The lowest BCUT2D eigenvalue weighted by Crippen LogP contribution is -2.19. The summed E-state index contributed by atoms with van der Waals surface area (Å²) in [5.41, 5.74) is 0.421. The van der Waals surface area contributed by atoms with Crippen LogP contribution in [0, 0.1) is 22.7 Å². The highest BCUT2D eigenvalue weighted by Gasteiger charge is 2.09. The number of amides is 1. The van der Waals surface area contributed by atoms with Crippen molar-refractivity contribution in [3.05, 3.63) is 29.2 Å². The highest BCUT2D eigenvalue weighted by molar-refractivity contribution is 7.14. The van der Waals surface area contributed by atoms with Gasteiger partial charge in [0.2, 0.25) is 5.91 Å². The molecule has 8 heteroatoms. The normalized spacial score (nSPS) is 9.44. The van der Waals surface area contributed by atoms with Crippen LogP contribution in [0.1, 0.15) is 11.4 Å². The highest BCUT2D eigenvalue weighted by atomic mass is 32.1. The molecule has 2 aromatic heterocycles. The Morgan fingerprint density at radius 3 is 3.00 bits per heavy atom. The number of aromatic nitrogens is 3. The Labute approximate surface area is 106 Å². The van der Waals surface area contributed by atoms with Gasteiger partial charge in [0.25, 0.3) is 5.82 Å². The zero-order valence-corrected chi connectivity index (χ0v) is 9.81. The maximum absolute atomic E-state index is 11.7. The van der Waals surface area contributed by atoms with E-state index in [0.29, 0.717) is 10.6 Å². The number of hydrogen-bond donors (Lipinski definition) is 1. The van der Waals surface area contributed by atoms with Gasteiger partial charge in [-0.1, -0.05) is 0 Å². The van der Waals surface area contributed by atoms with Crippen LogP contribution in [0.4, 0.5) is 5.00 Å². The quantitative estimate of drug-likeness (QED) is 0.872. The lowest BCUT2D eigenvalue weighted by Gasteiger charge is -2.02. The summed E-state index contributed by atoms with van der Waals surface area (Å²) in [6.45, 7) is -0.0581. The molecular weight excluding hydrogens is 252 g/mol. The third kappa shape index (κ3) is 2.51. The minimum Gasteiger partial charge on any atom is -0.315 e. The molecule has 18 heavy (non-hydrogen) atoms. The van der Waals surface area contributed by atoms with E-state index >= 15 is 0 Å². The molecule has 1 N–H and O–H groups in total. The molecule has 0 aliphatic carbocycles. The van der Waals surface area contributed by atoms with Crippen molar-refractivity contribution in [1.29, 1.82) is 10.5 Å². The molecule has 7 nitrogen and oxygen atoms in total. The highest BCUT2D eigenvalue weighted by Crippen LogP contribution is 2.21. The minimum absolute atomic E-state index is 0.0108. The predicted molar refractivity (Wildman–Crippen MR) is 62.4 cm³/mol. The fourth-order valence-electron chi connectivity index (χ4n) is 1.23. The molecule has 0 unspecified atom stereocenters. The summed E-state index contributed by atoms with van der Waals surface area (Å²) in [7, 11) is 0. The summed E-state index contributed by atoms with van der Waals surface area (Å²) in [5, 5.41) is 25.9. The summed E-state index contributed by atoms with van der Waals surface area (Å²) in [5.74, 6) is -0.319. The van der Waals surface area contributed by atoms with Gasteiger partial charge < -0.3 is 5.32 Å². The Balaban J connectivity index is 2.02. The van der Waals surface area contributed by atoms with E-state index in [1.54, 1.807) is 17.5 Å². The van der Waals surface area contributed by atoms with Gasteiger partial charge in [-0.15, -0.1) is 16.4 Å². The lowest BCUT2D eigenvalue weighted by molar-refractivity contribution is -0.116. The van der Waals surface area contributed by atoms with Crippen molar-refractivity contribution in [2.24, 2.45) is 0 Å². The van der Waals surface area contributed by atoms with Crippen LogP contribution < -0.4 is 5.32 Å². The third-order valence-corrected chi connectivity index (χ3v) is 2.81. The second-order valence-electron chi connectivity index (χ2n) is 3.20. The molecule has 0 atom stereocenters. The van der Waals surface area contributed by atoms with E-state index in [1.807, 2.05) is 6.07 Å². The van der Waals surface area contributed by atoms with E-state index in [2.05, 4.69) is 15.4 Å². The molecular formula is C10H6N6OS. The van der Waals surface area contributed by atoms with Gasteiger partial charge in [0.05, 0.1) is 5.56 Å². The van der Waals surface area contributed by atoms with Crippen molar-refractivity contribution in [1.82, 2.24) is 14.8 Å². The Morgan fingerprint density at radius 1 is 1.50 bits per heavy atom. The molecule has 88 valence electrons. The lowest BCUT2D eigenvalue weighted by atomic mass is 10.3. The molecule has 2 aromatic rings. The SMILES string of the molecule is N#Cc1ncn(CC(=O)Nc2sccc2C#N)n1. The van der Waals surface area contributed by atoms with Gasteiger partial charge in [-0.05, 0) is 11.4 Å². The number of nitrogens with zero attached hydrogens (tertiary/aromatic N) is 5. The van der Waals surface area contributed by atoms with Gasteiger partial charge in [-0.3, -0.25) is 4.79 Å². The first-order valence-corrected chi connectivity index (χ1v) is 5.68. The molecule has 1 amide bonds. The Bertz CT molecular complexity index is 658. The van der Waals surface area contributed by atoms with Gasteiger partial charge in [-0.2, -0.15) is 10.5 Å². The van der Waals surface area contributed by atoms with E-state index < -0.39 is 0 Å². The first-order valence-electron chi connectivity index (χ1n) is 4.80. The summed E-state index contributed by atoms with van der Waals surface area (Å²) in [4.78, 5) is 15.3. The van der Waals surface area contributed by atoms with Crippen LogP contribution >= 0.6 is 11.3 Å². The summed E-state index contributed by atoms with van der Waals surface area (Å²) in [6, 6.07) is 5.37. The number of nitriles is 2. The van der Waals surface area contributed by atoms with Gasteiger partial charge in [-0.25, -0.2) is 9.67 Å². The zero-order chi connectivity index (χ0) is 13.0. The van der Waals surface area contributed by atoms with E-state index in [9.17, 15) is 4.79 Å². The number of carbonyl (C=O) groups excluding carboxylic acids is 1. The maximum Gasteiger partial charge on any atom is 0.252 e. The number of anilines is 1. The Kier molecular flexibility index (Phi) is 3.32. The van der Waals surface area contributed by atoms with Crippen molar-refractivity contribution < 1.29 is 4.79 Å². The molecule has 0 saturated carbocycles. The Hall–Kier alpha value is -2.71. The van der Waals surface area contributed by atoms with E-state index in [0.717, 1.165) is 0 Å². The number of thiophene rings is 1. The largest absolute Gasteiger partial charge is 0.315 e. The molecule has 0 aromatic carbocycles. The summed E-state index contributed by atoms with van der Waals surface area (Å²) < 4.78 is 1.26. The topological polar surface area (TPSA) is 107 Å². The molecule has 0 spiro atoms. The van der Waals surface area contributed by atoms with Gasteiger partial charge in [0.1, 0.15) is 30.0 Å². The van der Waals surface area contributed by atoms with Gasteiger partial charge >= 0.3 is 0 Å². The molecule has 0 saturated heterocycles. The van der Waals surface area contributed by atoms with Crippen LogP contribution in [0.25, 0.3) is 0 Å². The molecule has 0 aliphatic heterocycles. The van der Waals surface area contributed by atoms with Crippen molar-refractivity contribution in [3.63, 3.8) is 0 Å². The van der Waals surface area contributed by atoms with Crippen LogP contribution in [0.2, 0.25) is 0 Å². The molecule has 2 rings (SSSR count). The molecule has 0 fully saturated rings. The van der Waals surface area contributed by atoms with Crippen LogP contribution in [0.15, 0.2) is 17.8 Å². The van der Waals surface area contributed by atoms with E-state index in [-0.39, 0.29) is 18.3 Å². The fourth-order valence-corrected chi connectivity index (χ4v) is 1.98. The smallest absolute Gasteiger partial charge is 0.252 e. The number of hydrogen-bond acceptors (Lipinski definition) is 6. The van der Waals surface area contributed by atoms with Crippen LogP contribution in [-0.4, -0.2) is 20.7 Å². The molecule has 0 bridgehead atoms. The number of rotatable bonds is 3. The van der Waals surface area contributed by atoms with Gasteiger partial charge in [0, 0.05) is 0 Å².